The monoisotopic (exact) mass is 607 g/mol. The van der Waals surface area contributed by atoms with Crippen LogP contribution in [0.2, 0.25) is 0 Å². The van der Waals surface area contributed by atoms with E-state index in [0.717, 1.165) is 16.7 Å². The Morgan fingerprint density at radius 2 is 1.55 bits per heavy atom. The summed E-state index contributed by atoms with van der Waals surface area (Å²) in [7, 11) is -1.84. The van der Waals surface area contributed by atoms with Crippen LogP contribution in [0.4, 0.5) is 0 Å². The Balaban J connectivity index is 0.00000507. The minimum Gasteiger partial charge on any atom is -0.507 e. The molecule has 9 heteroatoms. The molecule has 210 valence electrons. The minimum absolute atomic E-state index is 0. The highest BCUT2D eigenvalue weighted by Gasteiger charge is 2.40. The maximum atomic E-state index is 13.6. The van der Waals surface area contributed by atoms with Crippen LogP contribution in [-0.2, 0) is 20.9 Å². The first-order valence-corrected chi connectivity index (χ1v) is 14.5. The summed E-state index contributed by atoms with van der Waals surface area (Å²) >= 11 is 0. The second kappa shape index (κ2) is 11.5. The van der Waals surface area contributed by atoms with Gasteiger partial charge in [-0.15, -0.1) is 17.0 Å². The number of hydrogen-bond acceptors (Lipinski definition) is 5. The van der Waals surface area contributed by atoms with Crippen molar-refractivity contribution in [2.24, 2.45) is 5.92 Å². The fourth-order valence-electron chi connectivity index (χ4n) is 4.98. The van der Waals surface area contributed by atoms with Crippen LogP contribution < -0.4 is 0 Å². The molecule has 0 radical (unpaired) electrons. The summed E-state index contributed by atoms with van der Waals surface area (Å²) in [5.74, 6) is -0.0775. The molecule has 0 spiro atoms. The number of aromatic hydroxyl groups is 1. The Morgan fingerprint density at radius 1 is 1.05 bits per heavy atom. The topological polar surface area (TPSA) is 102 Å². The maximum Gasteiger partial charge on any atom is 0.210 e. The number of halogens is 1. The molecule has 0 aliphatic carbocycles. The van der Waals surface area contributed by atoms with Crippen LogP contribution in [-0.4, -0.2) is 67.3 Å². The van der Waals surface area contributed by atoms with E-state index in [2.05, 4.69) is 0 Å². The number of ketones is 1. The molecule has 0 saturated carbocycles. The van der Waals surface area contributed by atoms with Gasteiger partial charge in [-0.2, -0.15) is 0 Å². The van der Waals surface area contributed by atoms with Gasteiger partial charge in [0.05, 0.1) is 12.8 Å². The Kier molecular flexibility index (Phi) is 9.66. The van der Waals surface area contributed by atoms with E-state index in [1.807, 2.05) is 71.9 Å². The van der Waals surface area contributed by atoms with Gasteiger partial charge >= 0.3 is 0 Å². The van der Waals surface area contributed by atoms with Crippen molar-refractivity contribution in [3.63, 3.8) is 0 Å². The lowest BCUT2D eigenvalue weighted by Gasteiger charge is -2.28. The van der Waals surface area contributed by atoms with Gasteiger partial charge in [0.15, 0.2) is 5.78 Å². The van der Waals surface area contributed by atoms with Crippen LogP contribution in [0.25, 0.3) is 0 Å². The second-order valence-electron chi connectivity index (χ2n) is 12.3. The molecule has 1 saturated heterocycles. The Morgan fingerprint density at radius 3 is 2.00 bits per heavy atom. The first-order valence-electron chi connectivity index (χ1n) is 12.6. The van der Waals surface area contributed by atoms with E-state index in [4.69, 9.17) is 5.41 Å². The molecule has 0 unspecified atom stereocenters. The van der Waals surface area contributed by atoms with Crippen molar-refractivity contribution in [2.45, 2.75) is 58.3 Å². The zero-order valence-corrected chi connectivity index (χ0v) is 26.2. The molecule has 1 fully saturated rings. The molecule has 2 aromatic carbocycles. The van der Waals surface area contributed by atoms with Crippen LogP contribution in [0.15, 0.2) is 42.5 Å². The summed E-state index contributed by atoms with van der Waals surface area (Å²) in [6, 6.07) is 13.2. The van der Waals surface area contributed by atoms with Crippen LogP contribution in [0, 0.1) is 11.3 Å². The van der Waals surface area contributed by atoms with Gasteiger partial charge in [0.25, 0.3) is 0 Å². The highest BCUT2D eigenvalue weighted by atomic mass is 79.9. The van der Waals surface area contributed by atoms with Gasteiger partial charge in [-0.1, -0.05) is 71.9 Å². The van der Waals surface area contributed by atoms with Gasteiger partial charge < -0.3 is 10.0 Å². The van der Waals surface area contributed by atoms with E-state index < -0.39 is 10.0 Å². The molecule has 2 atom stereocenters. The summed E-state index contributed by atoms with van der Waals surface area (Å²) in [5, 5.41) is 20.0. The highest BCUT2D eigenvalue weighted by Crippen LogP contribution is 2.40. The number of rotatable bonds is 7. The molecule has 38 heavy (non-hydrogen) atoms. The van der Waals surface area contributed by atoms with Crippen LogP contribution in [0.3, 0.4) is 0 Å². The number of carbonyl (C=O) groups excluding carboxylic acids is 1. The van der Waals surface area contributed by atoms with Gasteiger partial charge in [-0.3, -0.25) is 10.2 Å². The number of amidine groups is 1. The van der Waals surface area contributed by atoms with E-state index in [9.17, 15) is 18.3 Å². The third kappa shape index (κ3) is 7.04. The molecule has 3 rings (SSSR count). The first kappa shape index (κ1) is 32.0. The number of likely N-dealkylation sites (tertiary alicyclic amines) is 1. The second-order valence-corrected chi connectivity index (χ2v) is 14.4. The Hall–Kier alpha value is -2.23. The van der Waals surface area contributed by atoms with E-state index in [0.29, 0.717) is 17.9 Å². The summed E-state index contributed by atoms with van der Waals surface area (Å²) in [6.45, 7) is 12.7. The predicted octanol–water partition coefficient (Wildman–Crippen LogP) is 5.33. The summed E-state index contributed by atoms with van der Waals surface area (Å²) in [5.41, 5.74) is 2.16. The summed E-state index contributed by atoms with van der Waals surface area (Å²) in [4.78, 5) is 15.4. The maximum absolute atomic E-state index is 13.6. The minimum atomic E-state index is -3.38. The third-order valence-electron chi connectivity index (χ3n) is 7.16. The van der Waals surface area contributed by atoms with Crippen molar-refractivity contribution in [2.75, 3.05) is 32.9 Å². The number of phenols is 1. The van der Waals surface area contributed by atoms with Gasteiger partial charge in [0.1, 0.15) is 11.6 Å². The molecule has 0 amide bonds. The van der Waals surface area contributed by atoms with Gasteiger partial charge in [-0.05, 0) is 28.5 Å². The number of hydrogen-bond donors (Lipinski definition) is 2. The van der Waals surface area contributed by atoms with E-state index in [-0.39, 0.29) is 64.3 Å². The van der Waals surface area contributed by atoms with Crippen LogP contribution >= 0.6 is 17.0 Å². The smallest absolute Gasteiger partial charge is 0.210 e. The Bertz CT molecular complexity index is 1250. The van der Waals surface area contributed by atoms with Crippen LogP contribution in [0.1, 0.15) is 74.5 Å². The van der Waals surface area contributed by atoms with Crippen molar-refractivity contribution >= 4 is 38.6 Å². The standard InChI is InChI=1S/C29H41N3O4S.BrH/c1-28(2,3)22-14-20(15-23(26(22)34)29(4,5)6)24(33)18-32-17-21(16-31(7)37(8,35)36)25(27(32)30)19-12-10-9-11-13-19;/h9-15,21,25,30,34H,16-18H2,1-8H3;1H/t21-,25+;/m0./s1. The number of Topliss-reactive ketones (excluding diaryl/α,β-unsaturated/α-hetero) is 1. The summed E-state index contributed by atoms with van der Waals surface area (Å²) in [6.07, 6.45) is 1.18. The molecule has 1 heterocycles. The van der Waals surface area contributed by atoms with Crippen molar-refractivity contribution in [1.29, 1.82) is 5.41 Å². The number of benzene rings is 2. The Labute approximate surface area is 238 Å². The fraction of sp³-hybridized carbons (Fsp3) is 0.517. The molecule has 1 aliphatic rings. The molecule has 7 nitrogen and oxygen atoms in total. The van der Waals surface area contributed by atoms with Crippen LogP contribution in [0.5, 0.6) is 5.75 Å². The predicted molar refractivity (Wildman–Crippen MR) is 160 cm³/mol. The van der Waals surface area contributed by atoms with Gasteiger partial charge in [0.2, 0.25) is 10.0 Å². The zero-order valence-electron chi connectivity index (χ0n) is 23.7. The lowest BCUT2D eigenvalue weighted by Crippen LogP contribution is -2.34. The lowest BCUT2D eigenvalue weighted by atomic mass is 9.78. The highest BCUT2D eigenvalue weighted by molar-refractivity contribution is 8.93. The number of carbonyl (C=O) groups is 1. The molecule has 2 aromatic rings. The number of nitrogens with zero attached hydrogens (tertiary/aromatic N) is 2. The molecule has 0 bridgehead atoms. The SMILES string of the molecule is Br.CN(C[C@H]1CN(CC(=O)c2cc(C(C)(C)C)c(O)c(C(C)(C)C)c2)C(=N)[C@@H]1c1ccccc1)S(C)(=O)=O. The number of nitrogens with one attached hydrogen (secondary N) is 1. The lowest BCUT2D eigenvalue weighted by molar-refractivity contribution is 0.0962. The average molecular weight is 609 g/mol. The molecular formula is C29H42BrN3O4S. The zero-order chi connectivity index (χ0) is 27.9. The molecule has 2 N–H and O–H groups in total. The fourth-order valence-corrected chi connectivity index (χ4v) is 5.44. The molecule has 1 aliphatic heterocycles. The van der Waals surface area contributed by atoms with Gasteiger partial charge in [-0.25, -0.2) is 12.7 Å². The third-order valence-corrected chi connectivity index (χ3v) is 8.44. The molecule has 0 aromatic heterocycles. The summed E-state index contributed by atoms with van der Waals surface area (Å²) < 4.78 is 25.6. The molecular weight excluding hydrogens is 566 g/mol. The first-order chi connectivity index (χ1) is 16.9. The van der Waals surface area contributed by atoms with Gasteiger partial charge in [0, 0.05) is 48.7 Å². The largest absolute Gasteiger partial charge is 0.507 e. The number of sulfonamides is 1. The average Bonchev–Trinajstić information content (AvgIpc) is 3.06. The quantitative estimate of drug-likeness (QED) is 0.414. The van der Waals surface area contributed by atoms with E-state index in [1.165, 1.54) is 10.6 Å². The van der Waals surface area contributed by atoms with E-state index >= 15 is 0 Å². The van der Waals surface area contributed by atoms with Crippen molar-refractivity contribution in [3.05, 3.63) is 64.7 Å². The van der Waals surface area contributed by atoms with E-state index in [1.54, 1.807) is 24.1 Å². The normalized spacial score (nSPS) is 18.6. The van der Waals surface area contributed by atoms with Crippen molar-refractivity contribution in [3.8, 4) is 5.75 Å². The number of phenolic OH excluding ortho intramolecular Hbond substituents is 1. The van der Waals surface area contributed by atoms with Crippen molar-refractivity contribution < 1.29 is 18.3 Å². The van der Waals surface area contributed by atoms with Crippen molar-refractivity contribution in [1.82, 2.24) is 9.21 Å².